The number of carbonyl (C=O) groups excluding carboxylic acids is 2. The van der Waals surface area contributed by atoms with Crippen LogP contribution in [0.3, 0.4) is 0 Å². The molecule has 0 aliphatic carbocycles. The molecule has 33 heavy (non-hydrogen) atoms. The van der Waals surface area contributed by atoms with E-state index >= 15 is 0 Å². The highest BCUT2D eigenvalue weighted by molar-refractivity contribution is 5.93. The molecular weight excluding hydrogens is 412 g/mol. The van der Waals surface area contributed by atoms with Gasteiger partial charge < -0.3 is 19.7 Å². The number of urea groups is 1. The maximum Gasteiger partial charge on any atom is 0.322 e. The van der Waals surface area contributed by atoms with Crippen molar-refractivity contribution in [2.24, 2.45) is 7.05 Å². The topological polar surface area (TPSA) is 57.6 Å². The van der Waals surface area contributed by atoms with Crippen LogP contribution in [0.25, 0.3) is 0 Å². The number of carbonyl (C=O) groups is 2. The predicted octanol–water partition coefficient (Wildman–Crippen LogP) is 5.06. The Morgan fingerprint density at radius 3 is 2.27 bits per heavy atom. The number of hydrogen-bond donors (Lipinski definition) is 1. The number of nitrogens with zero attached hydrogens (tertiary/aromatic N) is 3. The third-order valence-electron chi connectivity index (χ3n) is 5.72. The minimum Gasteiger partial charge on any atom is -0.353 e. The zero-order valence-electron chi connectivity index (χ0n) is 19.8. The summed E-state index contributed by atoms with van der Waals surface area (Å²) in [5.41, 5.74) is 3.97. The van der Waals surface area contributed by atoms with Crippen molar-refractivity contribution in [3.05, 3.63) is 89.7 Å². The van der Waals surface area contributed by atoms with Gasteiger partial charge in [0.25, 0.3) is 0 Å². The second kappa shape index (κ2) is 11.9. The lowest BCUT2D eigenvalue weighted by molar-refractivity contribution is -0.133. The quantitative estimate of drug-likeness (QED) is 0.473. The highest BCUT2D eigenvalue weighted by atomic mass is 16.2. The van der Waals surface area contributed by atoms with Crippen molar-refractivity contribution in [2.75, 3.05) is 18.4 Å². The molecule has 1 aromatic heterocycles. The molecular formula is C27H34N4O2. The molecule has 3 amide bonds. The summed E-state index contributed by atoms with van der Waals surface area (Å²) in [6, 6.07) is 21.5. The number of anilines is 1. The van der Waals surface area contributed by atoms with E-state index in [4.69, 9.17) is 0 Å². The highest BCUT2D eigenvalue weighted by Crippen LogP contribution is 2.17. The molecule has 0 atom stereocenters. The van der Waals surface area contributed by atoms with Crippen LogP contribution in [0.1, 0.15) is 37.1 Å². The van der Waals surface area contributed by atoms with Gasteiger partial charge in [-0.15, -0.1) is 0 Å². The molecule has 0 spiro atoms. The van der Waals surface area contributed by atoms with E-state index in [1.807, 2.05) is 96.4 Å². The van der Waals surface area contributed by atoms with Gasteiger partial charge in [-0.05, 0) is 42.2 Å². The van der Waals surface area contributed by atoms with Crippen LogP contribution < -0.4 is 5.32 Å². The van der Waals surface area contributed by atoms with Crippen LogP contribution in [0.2, 0.25) is 0 Å². The molecule has 2 aromatic carbocycles. The fourth-order valence-corrected chi connectivity index (χ4v) is 3.82. The van der Waals surface area contributed by atoms with Gasteiger partial charge in [-0.3, -0.25) is 4.79 Å². The summed E-state index contributed by atoms with van der Waals surface area (Å²) >= 11 is 0. The average Bonchev–Trinajstić information content (AvgIpc) is 3.23. The van der Waals surface area contributed by atoms with Crippen molar-refractivity contribution in [1.29, 1.82) is 0 Å². The van der Waals surface area contributed by atoms with Gasteiger partial charge in [0.1, 0.15) is 6.54 Å². The minimum absolute atomic E-state index is 0.0330. The van der Waals surface area contributed by atoms with Crippen LogP contribution in [-0.2, 0) is 31.4 Å². The minimum atomic E-state index is -0.246. The standard InChI is InChI=1S/C27H34N4O2/c1-4-17-30(27(33)28-25-16-10-9-14-23(25)5-2)21-26(32)31(19-22-12-7-6-8-13-22)20-24-15-11-18-29(24)3/h6-16,18H,4-5,17,19-21H2,1-3H3,(H,28,33). The van der Waals surface area contributed by atoms with Crippen LogP contribution in [0, 0.1) is 0 Å². The Morgan fingerprint density at radius 2 is 1.61 bits per heavy atom. The Bertz CT molecular complexity index is 1050. The normalized spacial score (nSPS) is 10.6. The van der Waals surface area contributed by atoms with Gasteiger partial charge in [0.15, 0.2) is 0 Å². The van der Waals surface area contributed by atoms with Crippen LogP contribution >= 0.6 is 0 Å². The maximum atomic E-state index is 13.4. The summed E-state index contributed by atoms with van der Waals surface area (Å²) < 4.78 is 2.02. The fraction of sp³-hybridized carbons (Fsp3) is 0.333. The molecule has 6 heteroatoms. The van der Waals surface area contributed by atoms with Crippen molar-refractivity contribution >= 4 is 17.6 Å². The van der Waals surface area contributed by atoms with E-state index in [1.54, 1.807) is 4.90 Å². The first-order valence-electron chi connectivity index (χ1n) is 11.6. The van der Waals surface area contributed by atoms with E-state index in [0.717, 1.165) is 35.3 Å². The Kier molecular flexibility index (Phi) is 8.70. The number of nitrogens with one attached hydrogen (secondary N) is 1. The fourth-order valence-electron chi connectivity index (χ4n) is 3.82. The summed E-state index contributed by atoms with van der Waals surface area (Å²) in [6.45, 7) is 5.59. The van der Waals surface area contributed by atoms with Crippen molar-refractivity contribution in [3.8, 4) is 0 Å². The van der Waals surface area contributed by atoms with Gasteiger partial charge in [-0.1, -0.05) is 62.4 Å². The highest BCUT2D eigenvalue weighted by Gasteiger charge is 2.22. The SMILES string of the molecule is CCCN(CC(=O)N(Cc1ccccc1)Cc1cccn1C)C(=O)Nc1ccccc1CC. The zero-order valence-corrected chi connectivity index (χ0v) is 19.8. The van der Waals surface area contributed by atoms with Crippen molar-refractivity contribution in [1.82, 2.24) is 14.4 Å². The number of aromatic nitrogens is 1. The van der Waals surface area contributed by atoms with Crippen molar-refractivity contribution in [2.45, 2.75) is 39.8 Å². The number of aryl methyl sites for hydroxylation is 2. The number of rotatable bonds is 10. The van der Waals surface area contributed by atoms with Crippen molar-refractivity contribution < 1.29 is 9.59 Å². The van der Waals surface area contributed by atoms with E-state index in [-0.39, 0.29) is 18.5 Å². The van der Waals surface area contributed by atoms with Gasteiger partial charge >= 0.3 is 6.03 Å². The van der Waals surface area contributed by atoms with Crippen LogP contribution in [0.5, 0.6) is 0 Å². The summed E-state index contributed by atoms with van der Waals surface area (Å²) in [5.74, 6) is -0.0765. The molecule has 3 aromatic rings. The summed E-state index contributed by atoms with van der Waals surface area (Å²) in [7, 11) is 1.97. The average molecular weight is 447 g/mol. The predicted molar refractivity (Wildman–Crippen MR) is 133 cm³/mol. The maximum absolute atomic E-state index is 13.4. The molecule has 0 fully saturated rings. The molecule has 174 valence electrons. The number of benzene rings is 2. The summed E-state index contributed by atoms with van der Waals surface area (Å²) in [4.78, 5) is 30.0. The Labute approximate surface area is 196 Å². The van der Waals surface area contributed by atoms with Gasteiger partial charge in [0, 0.05) is 37.7 Å². The van der Waals surface area contributed by atoms with Gasteiger partial charge in [0.05, 0.1) is 6.54 Å². The molecule has 3 rings (SSSR count). The molecule has 0 saturated heterocycles. The Balaban J connectivity index is 1.76. The third kappa shape index (κ3) is 6.72. The van der Waals surface area contributed by atoms with Crippen molar-refractivity contribution in [3.63, 3.8) is 0 Å². The molecule has 0 saturated carbocycles. The second-order valence-electron chi connectivity index (χ2n) is 8.21. The van der Waals surface area contributed by atoms with E-state index in [0.29, 0.717) is 19.6 Å². The first-order chi connectivity index (χ1) is 16.0. The molecule has 6 nitrogen and oxygen atoms in total. The van der Waals surface area contributed by atoms with Gasteiger partial charge in [-0.2, -0.15) is 0 Å². The molecule has 0 unspecified atom stereocenters. The van der Waals surface area contributed by atoms with Crippen LogP contribution in [0.15, 0.2) is 72.9 Å². The smallest absolute Gasteiger partial charge is 0.322 e. The number of hydrogen-bond acceptors (Lipinski definition) is 2. The molecule has 0 radical (unpaired) electrons. The molecule has 0 bridgehead atoms. The van der Waals surface area contributed by atoms with E-state index in [1.165, 1.54) is 0 Å². The van der Waals surface area contributed by atoms with E-state index in [2.05, 4.69) is 12.2 Å². The van der Waals surface area contributed by atoms with Gasteiger partial charge in [0.2, 0.25) is 5.91 Å². The Morgan fingerprint density at radius 1 is 0.879 bits per heavy atom. The number of para-hydroxylation sites is 1. The zero-order chi connectivity index (χ0) is 23.6. The van der Waals surface area contributed by atoms with Crippen LogP contribution in [0.4, 0.5) is 10.5 Å². The summed E-state index contributed by atoms with van der Waals surface area (Å²) in [6.07, 6.45) is 3.57. The van der Waals surface area contributed by atoms with Crippen LogP contribution in [-0.4, -0.2) is 39.4 Å². The molecule has 0 aliphatic heterocycles. The third-order valence-corrected chi connectivity index (χ3v) is 5.72. The lowest BCUT2D eigenvalue weighted by Gasteiger charge is -2.28. The molecule has 1 heterocycles. The monoisotopic (exact) mass is 446 g/mol. The largest absolute Gasteiger partial charge is 0.353 e. The number of amides is 3. The molecule has 1 N–H and O–H groups in total. The Hall–Kier alpha value is -3.54. The van der Waals surface area contributed by atoms with E-state index in [9.17, 15) is 9.59 Å². The van der Waals surface area contributed by atoms with Gasteiger partial charge in [-0.25, -0.2) is 4.79 Å². The van der Waals surface area contributed by atoms with E-state index < -0.39 is 0 Å². The molecule has 0 aliphatic rings. The second-order valence-corrected chi connectivity index (χ2v) is 8.21. The lowest BCUT2D eigenvalue weighted by atomic mass is 10.1. The lowest BCUT2D eigenvalue weighted by Crippen LogP contribution is -2.44. The first-order valence-corrected chi connectivity index (χ1v) is 11.6. The first kappa shape index (κ1) is 24.1. The summed E-state index contributed by atoms with van der Waals surface area (Å²) in [5, 5.41) is 3.01.